The van der Waals surface area contributed by atoms with E-state index in [1.54, 1.807) is 0 Å². The average molecular weight is 159 g/mol. The van der Waals surface area contributed by atoms with Crippen molar-refractivity contribution >= 4 is 0 Å². The van der Waals surface area contributed by atoms with Gasteiger partial charge in [-0.25, -0.2) is 0 Å². The van der Waals surface area contributed by atoms with Crippen LogP contribution in [0.15, 0.2) is 0 Å². The smallest absolute Gasteiger partial charge is 0.0434 e. The third-order valence-electron chi connectivity index (χ3n) is 2.09. The zero-order chi connectivity index (χ0) is 8.69. The van der Waals surface area contributed by atoms with Crippen molar-refractivity contribution in [2.24, 2.45) is 5.92 Å². The molecular weight excluding hydrogens is 138 g/mol. The van der Waals surface area contributed by atoms with Gasteiger partial charge in [-0.1, -0.05) is 20.8 Å². The van der Waals surface area contributed by atoms with E-state index in [-0.39, 0.29) is 0 Å². The lowest BCUT2D eigenvalue weighted by Crippen LogP contribution is -2.28. The molecule has 0 fully saturated rings. The largest absolute Gasteiger partial charge is 0.396 e. The van der Waals surface area contributed by atoms with Crippen LogP contribution in [0.5, 0.6) is 0 Å². The maximum Gasteiger partial charge on any atom is 0.0434 e. The molecular formula is C9H21NO. The number of nitrogens with zero attached hydrogens (tertiary/aromatic N) is 1. The van der Waals surface area contributed by atoms with Crippen LogP contribution in [0.1, 0.15) is 27.2 Å². The van der Waals surface area contributed by atoms with E-state index in [1.807, 2.05) is 0 Å². The van der Waals surface area contributed by atoms with Gasteiger partial charge in [-0.15, -0.1) is 0 Å². The predicted molar refractivity (Wildman–Crippen MR) is 48.7 cm³/mol. The minimum atomic E-state index is 0.322. The Morgan fingerprint density at radius 2 is 1.82 bits per heavy atom. The molecule has 0 aromatic rings. The molecule has 0 bridgehead atoms. The van der Waals surface area contributed by atoms with Gasteiger partial charge in [0.15, 0.2) is 0 Å². The summed E-state index contributed by atoms with van der Waals surface area (Å²) in [6.07, 6.45) is 0.927. The molecule has 0 aromatic carbocycles. The molecule has 11 heavy (non-hydrogen) atoms. The van der Waals surface area contributed by atoms with Gasteiger partial charge in [0.2, 0.25) is 0 Å². The molecule has 0 radical (unpaired) electrons. The van der Waals surface area contributed by atoms with E-state index in [0.29, 0.717) is 12.5 Å². The second kappa shape index (κ2) is 6.62. The lowest BCUT2D eigenvalue weighted by Gasteiger charge is -2.21. The van der Waals surface area contributed by atoms with Crippen LogP contribution in [-0.2, 0) is 0 Å². The Labute approximate surface area is 70.2 Å². The SMILES string of the molecule is CCN(CC)CC(C)CCO. The zero-order valence-corrected chi connectivity index (χ0v) is 8.01. The summed E-state index contributed by atoms with van der Waals surface area (Å²) in [6, 6.07) is 0. The van der Waals surface area contributed by atoms with E-state index in [4.69, 9.17) is 5.11 Å². The van der Waals surface area contributed by atoms with E-state index in [0.717, 1.165) is 26.1 Å². The summed E-state index contributed by atoms with van der Waals surface area (Å²) in [5.74, 6) is 0.625. The molecule has 1 N–H and O–H groups in total. The first-order valence-electron chi connectivity index (χ1n) is 4.57. The summed E-state index contributed by atoms with van der Waals surface area (Å²) in [7, 11) is 0. The monoisotopic (exact) mass is 159 g/mol. The lowest BCUT2D eigenvalue weighted by molar-refractivity contribution is 0.213. The molecule has 2 heteroatoms. The first kappa shape index (κ1) is 10.9. The Balaban J connectivity index is 3.44. The van der Waals surface area contributed by atoms with Gasteiger partial charge < -0.3 is 10.0 Å². The topological polar surface area (TPSA) is 23.5 Å². The first-order valence-corrected chi connectivity index (χ1v) is 4.57. The summed E-state index contributed by atoms with van der Waals surface area (Å²) in [4.78, 5) is 2.39. The molecule has 0 saturated heterocycles. The van der Waals surface area contributed by atoms with Crippen molar-refractivity contribution in [1.82, 2.24) is 4.90 Å². The summed E-state index contributed by atoms with van der Waals surface area (Å²) < 4.78 is 0. The van der Waals surface area contributed by atoms with Crippen molar-refractivity contribution in [3.63, 3.8) is 0 Å². The second-order valence-electron chi connectivity index (χ2n) is 3.10. The number of rotatable bonds is 6. The minimum absolute atomic E-state index is 0.322. The highest BCUT2D eigenvalue weighted by Crippen LogP contribution is 2.03. The fourth-order valence-corrected chi connectivity index (χ4v) is 1.23. The van der Waals surface area contributed by atoms with Gasteiger partial charge >= 0.3 is 0 Å². The number of hydrogen-bond acceptors (Lipinski definition) is 2. The molecule has 68 valence electrons. The molecule has 0 saturated carbocycles. The highest BCUT2D eigenvalue weighted by Gasteiger charge is 2.05. The molecule has 2 nitrogen and oxygen atoms in total. The summed E-state index contributed by atoms with van der Waals surface area (Å²) in [6.45, 7) is 10.2. The van der Waals surface area contributed by atoms with E-state index in [2.05, 4.69) is 25.7 Å². The standard InChI is InChI=1S/C9H21NO/c1-4-10(5-2)8-9(3)6-7-11/h9,11H,4-8H2,1-3H3. The van der Waals surface area contributed by atoms with Gasteiger partial charge in [0.25, 0.3) is 0 Å². The van der Waals surface area contributed by atoms with Crippen molar-refractivity contribution in [2.45, 2.75) is 27.2 Å². The predicted octanol–water partition coefficient (Wildman–Crippen LogP) is 1.35. The Morgan fingerprint density at radius 1 is 1.27 bits per heavy atom. The van der Waals surface area contributed by atoms with E-state index < -0.39 is 0 Å². The lowest BCUT2D eigenvalue weighted by atomic mass is 10.1. The summed E-state index contributed by atoms with van der Waals surface area (Å²) in [5, 5.41) is 8.68. The van der Waals surface area contributed by atoms with Gasteiger partial charge in [-0.3, -0.25) is 0 Å². The molecule has 0 aliphatic heterocycles. The fraction of sp³-hybridized carbons (Fsp3) is 1.00. The Kier molecular flexibility index (Phi) is 6.57. The van der Waals surface area contributed by atoms with Crippen molar-refractivity contribution < 1.29 is 5.11 Å². The van der Waals surface area contributed by atoms with Gasteiger partial charge in [-0.2, -0.15) is 0 Å². The molecule has 0 amide bonds. The summed E-state index contributed by atoms with van der Waals surface area (Å²) >= 11 is 0. The van der Waals surface area contributed by atoms with Crippen molar-refractivity contribution in [3.05, 3.63) is 0 Å². The van der Waals surface area contributed by atoms with Crippen LogP contribution < -0.4 is 0 Å². The molecule has 0 aliphatic carbocycles. The molecule has 0 aromatic heterocycles. The Bertz CT molecular complexity index is 81.6. The van der Waals surface area contributed by atoms with E-state index >= 15 is 0 Å². The third-order valence-corrected chi connectivity index (χ3v) is 2.09. The molecule has 1 unspecified atom stereocenters. The number of aliphatic hydroxyl groups excluding tert-OH is 1. The van der Waals surface area contributed by atoms with Crippen LogP contribution in [0.4, 0.5) is 0 Å². The molecule has 0 aliphatic rings. The van der Waals surface area contributed by atoms with Crippen LogP contribution in [-0.4, -0.2) is 36.2 Å². The van der Waals surface area contributed by atoms with Crippen LogP contribution in [0, 0.1) is 5.92 Å². The van der Waals surface area contributed by atoms with Gasteiger partial charge in [-0.05, 0) is 25.4 Å². The molecule has 1 atom stereocenters. The Morgan fingerprint density at radius 3 is 2.18 bits per heavy atom. The molecule has 0 rings (SSSR count). The van der Waals surface area contributed by atoms with Crippen molar-refractivity contribution in [2.75, 3.05) is 26.2 Å². The quantitative estimate of drug-likeness (QED) is 0.632. The van der Waals surface area contributed by atoms with E-state index in [1.165, 1.54) is 0 Å². The summed E-state index contributed by atoms with van der Waals surface area (Å²) in [5.41, 5.74) is 0. The first-order chi connectivity index (χ1) is 5.24. The van der Waals surface area contributed by atoms with Crippen LogP contribution >= 0.6 is 0 Å². The minimum Gasteiger partial charge on any atom is -0.396 e. The maximum atomic E-state index is 8.68. The van der Waals surface area contributed by atoms with Crippen LogP contribution in [0.3, 0.4) is 0 Å². The average Bonchev–Trinajstić information content (AvgIpc) is 2.01. The third kappa shape index (κ3) is 5.22. The second-order valence-corrected chi connectivity index (χ2v) is 3.10. The highest BCUT2D eigenvalue weighted by atomic mass is 16.3. The van der Waals surface area contributed by atoms with Gasteiger partial charge in [0.1, 0.15) is 0 Å². The normalized spacial score (nSPS) is 13.9. The van der Waals surface area contributed by atoms with Gasteiger partial charge in [0, 0.05) is 13.2 Å². The van der Waals surface area contributed by atoms with E-state index in [9.17, 15) is 0 Å². The fourth-order valence-electron chi connectivity index (χ4n) is 1.23. The zero-order valence-electron chi connectivity index (χ0n) is 8.01. The Hall–Kier alpha value is -0.0800. The van der Waals surface area contributed by atoms with Crippen molar-refractivity contribution in [3.8, 4) is 0 Å². The van der Waals surface area contributed by atoms with Crippen LogP contribution in [0.25, 0.3) is 0 Å². The maximum absolute atomic E-state index is 8.68. The van der Waals surface area contributed by atoms with Crippen molar-refractivity contribution in [1.29, 1.82) is 0 Å². The number of aliphatic hydroxyl groups is 1. The highest BCUT2D eigenvalue weighted by molar-refractivity contribution is 4.59. The number of hydrogen-bond donors (Lipinski definition) is 1. The molecule has 0 heterocycles. The van der Waals surface area contributed by atoms with Gasteiger partial charge in [0.05, 0.1) is 0 Å². The van der Waals surface area contributed by atoms with Crippen LogP contribution in [0.2, 0.25) is 0 Å². The molecule has 0 spiro atoms.